The Morgan fingerprint density at radius 2 is 1.69 bits per heavy atom. The van der Waals surface area contributed by atoms with Crippen LogP contribution >= 0.6 is 11.6 Å². The molecule has 3 nitrogen and oxygen atoms in total. The lowest BCUT2D eigenvalue weighted by Crippen LogP contribution is -2.22. The Hall–Kier alpha value is -0.830. The molecule has 1 saturated heterocycles. The molecule has 0 amide bonds. The second-order valence-corrected chi connectivity index (χ2v) is 5.23. The van der Waals surface area contributed by atoms with Gasteiger partial charge in [-0.05, 0) is 25.7 Å². The van der Waals surface area contributed by atoms with Crippen LogP contribution in [-0.4, -0.2) is 23.1 Å². The molecule has 2 atom stereocenters. The summed E-state index contributed by atoms with van der Waals surface area (Å²) >= 11 is 6.09. The lowest BCUT2D eigenvalue weighted by molar-refractivity contribution is 0.494. The predicted molar refractivity (Wildman–Crippen MR) is 67.1 cm³/mol. The van der Waals surface area contributed by atoms with E-state index in [-0.39, 0.29) is 0 Å². The molecule has 0 radical (unpaired) electrons. The molecule has 1 fully saturated rings. The van der Waals surface area contributed by atoms with Gasteiger partial charge in [0.15, 0.2) is 0 Å². The van der Waals surface area contributed by atoms with Crippen molar-refractivity contribution in [2.75, 3.05) is 18.0 Å². The van der Waals surface area contributed by atoms with Crippen molar-refractivity contribution in [1.82, 2.24) is 9.97 Å². The topological polar surface area (TPSA) is 29.0 Å². The van der Waals surface area contributed by atoms with Crippen molar-refractivity contribution in [2.24, 2.45) is 11.8 Å². The maximum Gasteiger partial charge on any atom is 0.137 e. The van der Waals surface area contributed by atoms with Crippen LogP contribution in [0, 0.1) is 25.7 Å². The second-order valence-electron chi connectivity index (χ2n) is 4.87. The van der Waals surface area contributed by atoms with Crippen molar-refractivity contribution < 1.29 is 0 Å². The van der Waals surface area contributed by atoms with Crippen LogP contribution in [0.2, 0.25) is 5.15 Å². The highest BCUT2D eigenvalue weighted by Crippen LogP contribution is 2.30. The van der Waals surface area contributed by atoms with Crippen LogP contribution in [0.4, 0.5) is 5.82 Å². The van der Waals surface area contributed by atoms with E-state index in [1.54, 1.807) is 0 Å². The van der Waals surface area contributed by atoms with Gasteiger partial charge < -0.3 is 4.90 Å². The normalized spacial score (nSPS) is 25.2. The highest BCUT2D eigenvalue weighted by atomic mass is 35.5. The van der Waals surface area contributed by atoms with E-state index in [9.17, 15) is 0 Å². The molecule has 0 N–H and O–H groups in total. The third-order valence-electron chi connectivity index (χ3n) is 3.46. The quantitative estimate of drug-likeness (QED) is 0.706. The highest BCUT2D eigenvalue weighted by Gasteiger charge is 2.28. The van der Waals surface area contributed by atoms with E-state index in [0.717, 1.165) is 30.3 Å². The monoisotopic (exact) mass is 239 g/mol. The number of halogens is 1. The van der Waals surface area contributed by atoms with E-state index in [1.165, 1.54) is 0 Å². The number of nitrogens with zero attached hydrogens (tertiary/aromatic N) is 3. The van der Waals surface area contributed by atoms with Crippen LogP contribution in [0.25, 0.3) is 0 Å². The van der Waals surface area contributed by atoms with Gasteiger partial charge in [-0.2, -0.15) is 0 Å². The van der Waals surface area contributed by atoms with Gasteiger partial charge in [0.1, 0.15) is 16.8 Å². The summed E-state index contributed by atoms with van der Waals surface area (Å²) in [6.45, 7) is 10.6. The van der Waals surface area contributed by atoms with Gasteiger partial charge in [0.2, 0.25) is 0 Å². The summed E-state index contributed by atoms with van der Waals surface area (Å²) in [5.74, 6) is 3.19. The molecule has 1 aliphatic heterocycles. The van der Waals surface area contributed by atoms with Crippen molar-refractivity contribution in [3.8, 4) is 0 Å². The van der Waals surface area contributed by atoms with Crippen molar-refractivity contribution in [2.45, 2.75) is 27.7 Å². The Morgan fingerprint density at radius 3 is 2.25 bits per heavy atom. The fourth-order valence-corrected chi connectivity index (χ4v) is 2.40. The number of aryl methyl sites for hydroxylation is 1. The van der Waals surface area contributed by atoms with Crippen LogP contribution in [-0.2, 0) is 0 Å². The number of rotatable bonds is 1. The Morgan fingerprint density at radius 1 is 1.12 bits per heavy atom. The van der Waals surface area contributed by atoms with Gasteiger partial charge in [-0.25, -0.2) is 9.97 Å². The maximum absolute atomic E-state index is 6.09. The Kier molecular flexibility index (Phi) is 3.06. The van der Waals surface area contributed by atoms with Crippen molar-refractivity contribution in [1.29, 1.82) is 0 Å². The number of hydrogen-bond acceptors (Lipinski definition) is 3. The third-order valence-corrected chi connectivity index (χ3v) is 3.83. The molecule has 1 aromatic rings. The van der Waals surface area contributed by atoms with Gasteiger partial charge in [0, 0.05) is 18.7 Å². The van der Waals surface area contributed by atoms with Crippen LogP contribution in [0.15, 0.2) is 0 Å². The zero-order valence-corrected chi connectivity index (χ0v) is 11.0. The fraction of sp³-hybridized carbons (Fsp3) is 0.667. The third kappa shape index (κ3) is 2.01. The van der Waals surface area contributed by atoms with E-state index in [1.807, 2.05) is 13.8 Å². The van der Waals surface area contributed by atoms with E-state index in [0.29, 0.717) is 17.0 Å². The largest absolute Gasteiger partial charge is 0.356 e. The molecule has 0 spiro atoms. The van der Waals surface area contributed by atoms with Gasteiger partial charge in [-0.3, -0.25) is 0 Å². The Labute approximate surface area is 102 Å². The first-order valence-electron chi connectivity index (χ1n) is 5.74. The van der Waals surface area contributed by atoms with Gasteiger partial charge in [-0.15, -0.1) is 0 Å². The Bertz CT molecular complexity index is 395. The predicted octanol–water partition coefficient (Wildman–Crippen LogP) is 2.84. The van der Waals surface area contributed by atoms with Crippen molar-refractivity contribution >= 4 is 17.4 Å². The van der Waals surface area contributed by atoms with E-state index in [2.05, 4.69) is 28.7 Å². The molecule has 1 aromatic heterocycles. The van der Waals surface area contributed by atoms with Crippen molar-refractivity contribution in [3.63, 3.8) is 0 Å². The molecule has 0 aliphatic carbocycles. The summed E-state index contributed by atoms with van der Waals surface area (Å²) in [5.41, 5.74) is 0.994. The summed E-state index contributed by atoms with van der Waals surface area (Å²) in [4.78, 5) is 11.0. The standard InChI is InChI=1S/C12H18ClN3/c1-7-5-16(6-8(7)2)12-9(3)11(13)14-10(4)15-12/h7-8H,5-6H2,1-4H3. The SMILES string of the molecule is Cc1nc(Cl)c(C)c(N2CC(C)C(C)C2)n1. The van der Waals surface area contributed by atoms with Gasteiger partial charge in [-0.1, -0.05) is 25.4 Å². The smallest absolute Gasteiger partial charge is 0.137 e. The summed E-state index contributed by atoms with van der Waals surface area (Å²) in [6.07, 6.45) is 0. The average molecular weight is 240 g/mol. The van der Waals surface area contributed by atoms with Gasteiger partial charge >= 0.3 is 0 Å². The first-order valence-corrected chi connectivity index (χ1v) is 6.12. The minimum Gasteiger partial charge on any atom is -0.356 e. The summed E-state index contributed by atoms with van der Waals surface area (Å²) in [5, 5.41) is 0.578. The van der Waals surface area contributed by atoms with Gasteiger partial charge in [0.25, 0.3) is 0 Å². The highest BCUT2D eigenvalue weighted by molar-refractivity contribution is 6.30. The molecule has 2 unspecified atom stereocenters. The molecule has 0 bridgehead atoms. The van der Waals surface area contributed by atoms with Crippen molar-refractivity contribution in [3.05, 3.63) is 16.5 Å². The zero-order valence-electron chi connectivity index (χ0n) is 10.3. The molecule has 0 aromatic carbocycles. The van der Waals surface area contributed by atoms with E-state index >= 15 is 0 Å². The zero-order chi connectivity index (χ0) is 11.9. The number of hydrogen-bond donors (Lipinski definition) is 0. The summed E-state index contributed by atoms with van der Waals surface area (Å²) in [7, 11) is 0. The minimum absolute atomic E-state index is 0.578. The summed E-state index contributed by atoms with van der Waals surface area (Å²) in [6, 6.07) is 0. The minimum atomic E-state index is 0.578. The molecule has 0 saturated carbocycles. The lowest BCUT2D eigenvalue weighted by Gasteiger charge is -2.20. The van der Waals surface area contributed by atoms with E-state index < -0.39 is 0 Å². The molecule has 16 heavy (non-hydrogen) atoms. The first kappa shape index (κ1) is 11.6. The Balaban J connectivity index is 2.34. The maximum atomic E-state index is 6.09. The fourth-order valence-electron chi connectivity index (χ4n) is 2.19. The molecular formula is C12H18ClN3. The van der Waals surface area contributed by atoms with Crippen LogP contribution in [0.1, 0.15) is 25.2 Å². The molecular weight excluding hydrogens is 222 g/mol. The first-order chi connectivity index (χ1) is 7.49. The van der Waals surface area contributed by atoms with E-state index in [4.69, 9.17) is 11.6 Å². The number of aromatic nitrogens is 2. The summed E-state index contributed by atoms with van der Waals surface area (Å²) < 4.78 is 0. The average Bonchev–Trinajstić information content (AvgIpc) is 2.53. The molecule has 4 heteroatoms. The van der Waals surface area contributed by atoms with Gasteiger partial charge in [0.05, 0.1) is 0 Å². The van der Waals surface area contributed by atoms with Crippen LogP contribution in [0.5, 0.6) is 0 Å². The lowest BCUT2D eigenvalue weighted by atomic mass is 10.0. The molecule has 88 valence electrons. The second kappa shape index (κ2) is 4.21. The van der Waals surface area contributed by atoms with Crippen LogP contribution < -0.4 is 4.90 Å². The number of anilines is 1. The molecule has 1 aliphatic rings. The molecule has 2 rings (SSSR count). The van der Waals surface area contributed by atoms with Crippen LogP contribution in [0.3, 0.4) is 0 Å². The molecule has 2 heterocycles.